The quantitative estimate of drug-likeness (QED) is 0.708. The summed E-state index contributed by atoms with van der Waals surface area (Å²) in [5.74, 6) is 0. The number of halogens is 1. The van der Waals surface area contributed by atoms with Crippen molar-refractivity contribution in [1.82, 2.24) is 9.62 Å². The molecule has 0 aliphatic heterocycles. The third-order valence-corrected chi connectivity index (χ3v) is 5.26. The molecule has 0 amide bonds. The van der Waals surface area contributed by atoms with Crippen LogP contribution >= 0.6 is 11.6 Å². The van der Waals surface area contributed by atoms with E-state index in [1.807, 2.05) is 13.8 Å². The Morgan fingerprint density at radius 2 is 2.10 bits per heavy atom. The van der Waals surface area contributed by atoms with Crippen LogP contribution in [0.3, 0.4) is 0 Å². The Labute approximate surface area is 132 Å². The van der Waals surface area contributed by atoms with Gasteiger partial charge in [0.05, 0.1) is 4.90 Å². The Kier molecular flexibility index (Phi) is 7.39. The average molecular weight is 331 g/mol. The van der Waals surface area contributed by atoms with Crippen molar-refractivity contribution in [2.45, 2.75) is 31.7 Å². The second-order valence-corrected chi connectivity index (χ2v) is 7.03. The molecule has 0 heterocycles. The van der Waals surface area contributed by atoms with Crippen molar-refractivity contribution in [1.29, 1.82) is 0 Å². The zero-order chi connectivity index (χ0) is 15.9. The van der Waals surface area contributed by atoms with Gasteiger partial charge in [0.15, 0.2) is 0 Å². The lowest BCUT2D eigenvalue weighted by molar-refractivity contribution is 0.441. The minimum atomic E-state index is -3.51. The maximum atomic E-state index is 12.7. The highest BCUT2D eigenvalue weighted by atomic mass is 35.5. The molecule has 1 aromatic rings. The van der Waals surface area contributed by atoms with E-state index in [0.29, 0.717) is 24.7 Å². The molecular formula is C15H23ClN2O2S. The first-order valence-electron chi connectivity index (χ1n) is 7.07. The highest BCUT2D eigenvalue weighted by molar-refractivity contribution is 7.89. The molecule has 0 saturated carbocycles. The van der Waals surface area contributed by atoms with Crippen LogP contribution in [0.25, 0.3) is 0 Å². The Balaban J connectivity index is 3.14. The second-order valence-electron chi connectivity index (χ2n) is 4.69. The number of nitrogens with one attached hydrogen (secondary N) is 1. The minimum absolute atomic E-state index is 0.273. The molecule has 0 aliphatic carbocycles. The van der Waals surface area contributed by atoms with Crippen LogP contribution in [0.15, 0.2) is 35.7 Å². The van der Waals surface area contributed by atoms with Crippen LogP contribution < -0.4 is 5.32 Å². The van der Waals surface area contributed by atoms with E-state index in [0.717, 1.165) is 18.5 Å². The lowest BCUT2D eigenvalue weighted by atomic mass is 10.2. The van der Waals surface area contributed by atoms with Gasteiger partial charge in [-0.25, -0.2) is 8.42 Å². The first kappa shape index (κ1) is 18.2. The molecule has 0 radical (unpaired) electrons. The largest absolute Gasteiger partial charge is 0.313 e. The van der Waals surface area contributed by atoms with Gasteiger partial charge in [-0.1, -0.05) is 31.5 Å². The minimum Gasteiger partial charge on any atom is -0.313 e. The van der Waals surface area contributed by atoms with Crippen molar-refractivity contribution in [3.8, 4) is 0 Å². The standard InChI is InChI=1S/C15H23ClN2O2S/c1-4-9-18(10-5-2)21(19,20)14-7-8-15(16)13(11-14)12-17-6-3/h4,7-8,11,17H,1,5-6,9-10,12H2,2-3H3. The smallest absolute Gasteiger partial charge is 0.243 e. The first-order valence-corrected chi connectivity index (χ1v) is 8.89. The molecule has 0 spiro atoms. The average Bonchev–Trinajstić information content (AvgIpc) is 2.46. The van der Waals surface area contributed by atoms with Crippen LogP contribution in [0.1, 0.15) is 25.8 Å². The van der Waals surface area contributed by atoms with Crippen LogP contribution in [0.5, 0.6) is 0 Å². The Morgan fingerprint density at radius 3 is 2.67 bits per heavy atom. The highest BCUT2D eigenvalue weighted by Crippen LogP contribution is 2.23. The number of rotatable bonds is 9. The zero-order valence-electron chi connectivity index (χ0n) is 12.6. The van der Waals surface area contributed by atoms with Gasteiger partial charge in [0, 0.05) is 24.7 Å². The molecule has 4 nitrogen and oxygen atoms in total. The van der Waals surface area contributed by atoms with E-state index in [1.165, 1.54) is 4.31 Å². The summed E-state index contributed by atoms with van der Waals surface area (Å²) < 4.78 is 26.8. The van der Waals surface area contributed by atoms with Gasteiger partial charge in [-0.05, 0) is 36.7 Å². The van der Waals surface area contributed by atoms with Crippen molar-refractivity contribution in [3.05, 3.63) is 41.4 Å². The lowest BCUT2D eigenvalue weighted by Gasteiger charge is -2.20. The molecule has 0 atom stereocenters. The Hall–Kier alpha value is -0.880. The van der Waals surface area contributed by atoms with Crippen LogP contribution in [-0.4, -0.2) is 32.4 Å². The molecule has 0 unspecified atom stereocenters. The summed E-state index contributed by atoms with van der Waals surface area (Å²) in [5, 5.41) is 3.72. The number of hydrogen-bond acceptors (Lipinski definition) is 3. The van der Waals surface area contributed by atoms with E-state index in [2.05, 4.69) is 11.9 Å². The van der Waals surface area contributed by atoms with Crippen LogP contribution in [0, 0.1) is 0 Å². The fourth-order valence-corrected chi connectivity index (χ4v) is 3.70. The predicted molar refractivity (Wildman–Crippen MR) is 88.1 cm³/mol. The second kappa shape index (κ2) is 8.54. The van der Waals surface area contributed by atoms with E-state index in [-0.39, 0.29) is 4.90 Å². The molecule has 1 aromatic carbocycles. The molecule has 6 heteroatoms. The third-order valence-electron chi connectivity index (χ3n) is 3.03. The third kappa shape index (κ3) is 4.81. The molecule has 1 N–H and O–H groups in total. The van der Waals surface area contributed by atoms with E-state index in [1.54, 1.807) is 24.3 Å². The summed E-state index contributed by atoms with van der Waals surface area (Å²) in [5.41, 5.74) is 0.787. The molecule has 0 fully saturated rings. The van der Waals surface area contributed by atoms with Crippen molar-refractivity contribution < 1.29 is 8.42 Å². The predicted octanol–water partition coefficient (Wildman–Crippen LogP) is 3.04. The van der Waals surface area contributed by atoms with Gasteiger partial charge in [-0.15, -0.1) is 6.58 Å². The molecule has 0 bridgehead atoms. The van der Waals surface area contributed by atoms with E-state index >= 15 is 0 Å². The maximum absolute atomic E-state index is 12.7. The van der Waals surface area contributed by atoms with E-state index in [9.17, 15) is 8.42 Å². The zero-order valence-corrected chi connectivity index (χ0v) is 14.2. The van der Waals surface area contributed by atoms with Gasteiger partial charge < -0.3 is 5.32 Å². The Bertz CT molecular complexity index is 573. The summed E-state index contributed by atoms with van der Waals surface area (Å²) in [6.45, 7) is 9.69. The van der Waals surface area contributed by atoms with Gasteiger partial charge in [0.2, 0.25) is 10.0 Å². The topological polar surface area (TPSA) is 49.4 Å². The van der Waals surface area contributed by atoms with E-state index < -0.39 is 10.0 Å². The molecular weight excluding hydrogens is 308 g/mol. The molecule has 0 aliphatic rings. The number of hydrogen-bond donors (Lipinski definition) is 1. The van der Waals surface area contributed by atoms with Crippen molar-refractivity contribution in [2.75, 3.05) is 19.6 Å². The molecule has 118 valence electrons. The normalized spacial score (nSPS) is 11.8. The lowest BCUT2D eigenvalue weighted by Crippen LogP contribution is -2.32. The van der Waals surface area contributed by atoms with Crippen molar-refractivity contribution >= 4 is 21.6 Å². The molecule has 21 heavy (non-hydrogen) atoms. The fourth-order valence-electron chi connectivity index (χ4n) is 1.96. The van der Waals surface area contributed by atoms with Gasteiger partial charge in [-0.2, -0.15) is 4.31 Å². The molecule has 0 aromatic heterocycles. The number of benzene rings is 1. The van der Waals surface area contributed by atoms with Gasteiger partial charge in [-0.3, -0.25) is 0 Å². The van der Waals surface area contributed by atoms with E-state index in [4.69, 9.17) is 11.6 Å². The molecule has 0 saturated heterocycles. The maximum Gasteiger partial charge on any atom is 0.243 e. The summed E-state index contributed by atoms with van der Waals surface area (Å²) in [7, 11) is -3.51. The number of sulfonamides is 1. The summed E-state index contributed by atoms with van der Waals surface area (Å²) >= 11 is 6.12. The summed E-state index contributed by atoms with van der Waals surface area (Å²) in [4.78, 5) is 0.273. The van der Waals surface area contributed by atoms with Crippen LogP contribution in [0.2, 0.25) is 5.02 Å². The van der Waals surface area contributed by atoms with Crippen LogP contribution in [0.4, 0.5) is 0 Å². The summed E-state index contributed by atoms with van der Waals surface area (Å²) in [6, 6.07) is 4.84. The first-order chi connectivity index (χ1) is 9.97. The van der Waals surface area contributed by atoms with Crippen molar-refractivity contribution in [3.63, 3.8) is 0 Å². The monoisotopic (exact) mass is 330 g/mol. The fraction of sp³-hybridized carbons (Fsp3) is 0.467. The highest BCUT2D eigenvalue weighted by Gasteiger charge is 2.23. The SMILES string of the molecule is C=CCN(CCC)S(=O)(=O)c1ccc(Cl)c(CNCC)c1. The van der Waals surface area contributed by atoms with Gasteiger partial charge in [0.1, 0.15) is 0 Å². The van der Waals surface area contributed by atoms with Crippen LogP contribution in [-0.2, 0) is 16.6 Å². The van der Waals surface area contributed by atoms with Gasteiger partial charge >= 0.3 is 0 Å². The number of nitrogens with zero attached hydrogens (tertiary/aromatic N) is 1. The summed E-state index contributed by atoms with van der Waals surface area (Å²) in [6.07, 6.45) is 2.35. The van der Waals surface area contributed by atoms with Gasteiger partial charge in [0.25, 0.3) is 0 Å². The van der Waals surface area contributed by atoms with Crippen molar-refractivity contribution in [2.24, 2.45) is 0 Å². The molecule has 1 rings (SSSR count). The Morgan fingerprint density at radius 1 is 1.38 bits per heavy atom.